The summed E-state index contributed by atoms with van der Waals surface area (Å²) in [5, 5.41) is 0. The van der Waals surface area contributed by atoms with Gasteiger partial charge in [0.25, 0.3) is 5.91 Å². The normalized spacial score (nSPS) is 16.3. The zero-order chi connectivity index (χ0) is 21.1. The topological polar surface area (TPSA) is 65.1 Å². The first-order chi connectivity index (χ1) is 13.8. The van der Waals surface area contributed by atoms with Crippen LogP contribution in [-0.2, 0) is 16.0 Å². The fourth-order valence-corrected chi connectivity index (χ4v) is 3.36. The van der Waals surface area contributed by atoms with Crippen molar-refractivity contribution in [3.05, 3.63) is 53.6 Å². The summed E-state index contributed by atoms with van der Waals surface area (Å²) in [5.74, 6) is -1.35. The molecule has 1 aliphatic heterocycles. The van der Waals surface area contributed by atoms with Gasteiger partial charge in [0.15, 0.2) is 17.6 Å². The average Bonchev–Trinajstić information content (AvgIpc) is 3.02. The van der Waals surface area contributed by atoms with Crippen molar-refractivity contribution in [1.29, 1.82) is 0 Å². The third kappa shape index (κ3) is 4.31. The van der Waals surface area contributed by atoms with Crippen molar-refractivity contribution < 1.29 is 32.6 Å². The van der Waals surface area contributed by atoms with E-state index in [0.29, 0.717) is 0 Å². The van der Waals surface area contributed by atoms with Gasteiger partial charge in [-0.2, -0.15) is 8.78 Å². The van der Waals surface area contributed by atoms with Crippen molar-refractivity contribution >= 4 is 17.6 Å². The number of fused-ring (bicyclic) bond motifs is 1. The summed E-state index contributed by atoms with van der Waals surface area (Å²) in [6, 6.07) is 11.2. The lowest BCUT2D eigenvalue weighted by Gasteiger charge is -2.26. The van der Waals surface area contributed by atoms with Crippen molar-refractivity contribution in [3.8, 4) is 11.5 Å². The number of nitrogens with zero attached hydrogens (tertiary/aromatic N) is 1. The summed E-state index contributed by atoms with van der Waals surface area (Å²) >= 11 is 0. The van der Waals surface area contributed by atoms with Gasteiger partial charge in [0.2, 0.25) is 0 Å². The number of esters is 1. The number of rotatable bonds is 6. The molecule has 6 nitrogen and oxygen atoms in total. The molecule has 8 heteroatoms. The maximum Gasteiger partial charge on any atom is 0.387 e. The van der Waals surface area contributed by atoms with E-state index >= 15 is 0 Å². The number of methoxy groups -OCH3 is 1. The van der Waals surface area contributed by atoms with Crippen LogP contribution < -0.4 is 14.4 Å². The van der Waals surface area contributed by atoms with Crippen LogP contribution in [0.3, 0.4) is 0 Å². The Hall–Kier alpha value is -3.16. The average molecular weight is 405 g/mol. The molecule has 0 unspecified atom stereocenters. The lowest BCUT2D eigenvalue weighted by Crippen LogP contribution is -2.43. The molecule has 0 saturated carbocycles. The quantitative estimate of drug-likeness (QED) is 0.684. The monoisotopic (exact) mass is 405 g/mol. The van der Waals surface area contributed by atoms with Crippen LogP contribution in [0.2, 0.25) is 0 Å². The Labute approximate surface area is 167 Å². The molecule has 1 heterocycles. The molecular formula is C21H21F2NO5. The summed E-state index contributed by atoms with van der Waals surface area (Å²) < 4.78 is 39.5. The molecule has 0 N–H and O–H groups in total. The molecule has 29 heavy (non-hydrogen) atoms. The number of para-hydroxylation sites is 1. The molecule has 0 saturated heterocycles. The second-order valence-corrected chi connectivity index (χ2v) is 6.68. The SMILES string of the molecule is COc1cc(C(=O)O[C@H](C)C(=O)N2c3ccccc3C[C@@H]2C)ccc1OC(F)F. The number of benzene rings is 2. The predicted octanol–water partition coefficient (Wildman–Crippen LogP) is 3.82. The van der Waals surface area contributed by atoms with Gasteiger partial charge in [0.1, 0.15) is 0 Å². The Morgan fingerprint density at radius 2 is 1.86 bits per heavy atom. The fraction of sp³-hybridized carbons (Fsp3) is 0.333. The van der Waals surface area contributed by atoms with E-state index in [-0.39, 0.29) is 29.0 Å². The first kappa shape index (κ1) is 20.6. The van der Waals surface area contributed by atoms with E-state index in [1.165, 1.54) is 32.2 Å². The lowest BCUT2D eigenvalue weighted by atomic mass is 10.1. The molecule has 2 aromatic rings. The summed E-state index contributed by atoms with van der Waals surface area (Å²) in [7, 11) is 1.27. The van der Waals surface area contributed by atoms with E-state index in [0.717, 1.165) is 17.7 Å². The molecule has 2 atom stereocenters. The highest BCUT2D eigenvalue weighted by molar-refractivity contribution is 6.01. The smallest absolute Gasteiger partial charge is 0.387 e. The Bertz CT molecular complexity index is 918. The van der Waals surface area contributed by atoms with Crippen LogP contribution in [-0.4, -0.2) is 37.7 Å². The molecule has 154 valence electrons. The van der Waals surface area contributed by atoms with Crippen molar-refractivity contribution in [2.75, 3.05) is 12.0 Å². The number of carbonyl (C=O) groups excluding carboxylic acids is 2. The van der Waals surface area contributed by atoms with Crippen molar-refractivity contribution in [1.82, 2.24) is 0 Å². The van der Waals surface area contributed by atoms with Gasteiger partial charge in [-0.15, -0.1) is 0 Å². The summed E-state index contributed by atoms with van der Waals surface area (Å²) in [6.07, 6.45) is -0.301. The summed E-state index contributed by atoms with van der Waals surface area (Å²) in [4.78, 5) is 27.0. The maximum atomic E-state index is 12.9. The molecule has 0 bridgehead atoms. The van der Waals surface area contributed by atoms with E-state index in [2.05, 4.69) is 4.74 Å². The zero-order valence-electron chi connectivity index (χ0n) is 16.2. The second kappa shape index (κ2) is 8.46. The molecule has 0 fully saturated rings. The van der Waals surface area contributed by atoms with Crippen LogP contribution in [0.25, 0.3) is 0 Å². The number of anilines is 1. The van der Waals surface area contributed by atoms with Gasteiger partial charge in [-0.05, 0) is 50.1 Å². The molecule has 2 aromatic carbocycles. The maximum absolute atomic E-state index is 12.9. The molecule has 3 rings (SSSR count). The van der Waals surface area contributed by atoms with Gasteiger partial charge in [0.05, 0.1) is 12.7 Å². The van der Waals surface area contributed by atoms with Crippen LogP contribution in [0.15, 0.2) is 42.5 Å². The largest absolute Gasteiger partial charge is 0.493 e. The third-order valence-corrected chi connectivity index (χ3v) is 4.69. The Morgan fingerprint density at radius 3 is 2.55 bits per heavy atom. The van der Waals surface area contributed by atoms with E-state index in [1.807, 2.05) is 31.2 Å². The Morgan fingerprint density at radius 1 is 1.14 bits per heavy atom. The summed E-state index contributed by atoms with van der Waals surface area (Å²) in [6.45, 7) is 0.406. The minimum Gasteiger partial charge on any atom is -0.493 e. The van der Waals surface area contributed by atoms with Crippen molar-refractivity contribution in [3.63, 3.8) is 0 Å². The van der Waals surface area contributed by atoms with Gasteiger partial charge < -0.3 is 19.1 Å². The number of alkyl halides is 2. The summed E-state index contributed by atoms with van der Waals surface area (Å²) in [5.41, 5.74) is 1.92. The molecule has 1 amide bonds. The van der Waals surface area contributed by atoms with Crippen LogP contribution in [0.4, 0.5) is 14.5 Å². The number of hydrogen-bond acceptors (Lipinski definition) is 5. The predicted molar refractivity (Wildman–Crippen MR) is 102 cm³/mol. The van der Waals surface area contributed by atoms with Gasteiger partial charge >= 0.3 is 12.6 Å². The highest BCUT2D eigenvalue weighted by Crippen LogP contribution is 2.33. The van der Waals surface area contributed by atoms with Crippen molar-refractivity contribution in [2.24, 2.45) is 0 Å². The number of amides is 1. The number of halogens is 2. The molecule has 0 aliphatic carbocycles. The van der Waals surface area contributed by atoms with E-state index in [9.17, 15) is 18.4 Å². The van der Waals surface area contributed by atoms with Crippen LogP contribution in [0, 0.1) is 0 Å². The minimum atomic E-state index is -3.02. The molecule has 0 aromatic heterocycles. The first-order valence-electron chi connectivity index (χ1n) is 9.06. The van der Waals surface area contributed by atoms with Crippen LogP contribution in [0.1, 0.15) is 29.8 Å². The number of hydrogen-bond donors (Lipinski definition) is 0. The third-order valence-electron chi connectivity index (χ3n) is 4.69. The Kier molecular flexibility index (Phi) is 6.00. The highest BCUT2D eigenvalue weighted by atomic mass is 19.3. The first-order valence-corrected chi connectivity index (χ1v) is 9.06. The van der Waals surface area contributed by atoms with Crippen LogP contribution >= 0.6 is 0 Å². The molecule has 0 spiro atoms. The minimum absolute atomic E-state index is 0.0409. The van der Waals surface area contributed by atoms with E-state index in [1.54, 1.807) is 4.90 Å². The fourth-order valence-electron chi connectivity index (χ4n) is 3.36. The second-order valence-electron chi connectivity index (χ2n) is 6.68. The molecular weight excluding hydrogens is 384 g/mol. The van der Waals surface area contributed by atoms with Gasteiger partial charge in [-0.1, -0.05) is 18.2 Å². The number of ether oxygens (including phenoxy) is 3. The van der Waals surface area contributed by atoms with Crippen molar-refractivity contribution in [2.45, 2.75) is 39.0 Å². The lowest BCUT2D eigenvalue weighted by molar-refractivity contribution is -0.126. The molecule has 0 radical (unpaired) electrons. The van der Waals surface area contributed by atoms with Crippen LogP contribution in [0.5, 0.6) is 11.5 Å². The van der Waals surface area contributed by atoms with Gasteiger partial charge in [0, 0.05) is 11.7 Å². The Balaban J connectivity index is 1.73. The number of carbonyl (C=O) groups is 2. The zero-order valence-corrected chi connectivity index (χ0v) is 16.2. The van der Waals surface area contributed by atoms with Gasteiger partial charge in [-0.3, -0.25) is 4.79 Å². The van der Waals surface area contributed by atoms with E-state index in [4.69, 9.17) is 9.47 Å². The molecule has 1 aliphatic rings. The standard InChI is InChI=1S/C21H21F2NO5/c1-12-10-14-6-4-5-7-16(14)24(12)19(25)13(2)28-20(26)15-8-9-17(29-21(22)23)18(11-15)27-3/h4-9,11-13,21H,10H2,1-3H3/t12-,13+/m0/s1. The highest BCUT2D eigenvalue weighted by Gasteiger charge is 2.34. The van der Waals surface area contributed by atoms with E-state index < -0.39 is 18.7 Å². The van der Waals surface area contributed by atoms with Gasteiger partial charge in [-0.25, -0.2) is 4.79 Å².